The summed E-state index contributed by atoms with van der Waals surface area (Å²) < 4.78 is 3.09. The van der Waals surface area contributed by atoms with Gasteiger partial charge in [-0.2, -0.15) is 5.10 Å². The summed E-state index contributed by atoms with van der Waals surface area (Å²) in [6.07, 6.45) is 3.17. The van der Waals surface area contributed by atoms with E-state index in [1.54, 1.807) is 4.68 Å². The maximum atomic E-state index is 12.8. The fraction of sp³-hybridized carbons (Fsp3) is 0.217. The Morgan fingerprint density at radius 1 is 1.07 bits per heavy atom. The molecule has 0 radical (unpaired) electrons. The summed E-state index contributed by atoms with van der Waals surface area (Å²) in [5.74, 6) is -0.142. The van der Waals surface area contributed by atoms with Crippen LogP contribution in [0, 0.1) is 20.8 Å². The number of hydrogen-bond acceptors (Lipinski definition) is 4. The Kier molecular flexibility index (Phi) is 5.18. The zero-order valence-corrected chi connectivity index (χ0v) is 17.2. The van der Waals surface area contributed by atoms with Gasteiger partial charge >= 0.3 is 0 Å². The zero-order chi connectivity index (χ0) is 21.3. The summed E-state index contributed by atoms with van der Waals surface area (Å²) >= 11 is 0. The SMILES string of the molecule is Cc1cc(C)c(NC(=O)CCn2cnc3c(cnn3-c3ccccc3)c2=O)c(C)c1. The summed E-state index contributed by atoms with van der Waals surface area (Å²) in [7, 11) is 0. The highest BCUT2D eigenvalue weighted by Crippen LogP contribution is 2.22. The lowest BCUT2D eigenvalue weighted by atomic mass is 10.1. The average Bonchev–Trinajstić information content (AvgIpc) is 3.16. The summed E-state index contributed by atoms with van der Waals surface area (Å²) in [4.78, 5) is 29.7. The molecule has 2 aromatic heterocycles. The van der Waals surface area contributed by atoms with Gasteiger partial charge in [0, 0.05) is 18.7 Å². The fourth-order valence-corrected chi connectivity index (χ4v) is 3.67. The number of benzene rings is 2. The van der Waals surface area contributed by atoms with Gasteiger partial charge in [-0.05, 0) is 44.0 Å². The van der Waals surface area contributed by atoms with Crippen molar-refractivity contribution in [2.75, 3.05) is 5.32 Å². The number of nitrogens with zero attached hydrogens (tertiary/aromatic N) is 4. The first-order valence-corrected chi connectivity index (χ1v) is 9.80. The number of carbonyl (C=O) groups is 1. The summed E-state index contributed by atoms with van der Waals surface area (Å²) in [5, 5.41) is 7.70. The Labute approximate surface area is 174 Å². The Bertz CT molecular complexity index is 1270. The summed E-state index contributed by atoms with van der Waals surface area (Å²) in [5.41, 5.74) is 5.15. The van der Waals surface area contributed by atoms with Gasteiger partial charge in [0.1, 0.15) is 5.39 Å². The third-order valence-corrected chi connectivity index (χ3v) is 5.08. The van der Waals surface area contributed by atoms with Crippen molar-refractivity contribution in [3.63, 3.8) is 0 Å². The molecule has 0 atom stereocenters. The molecular formula is C23H23N5O2. The molecule has 7 heteroatoms. The number of hydrogen-bond donors (Lipinski definition) is 1. The molecule has 4 aromatic rings. The highest BCUT2D eigenvalue weighted by molar-refractivity contribution is 5.92. The number of aromatic nitrogens is 4. The van der Waals surface area contributed by atoms with E-state index >= 15 is 0 Å². The highest BCUT2D eigenvalue weighted by Gasteiger charge is 2.13. The maximum Gasteiger partial charge on any atom is 0.264 e. The van der Waals surface area contributed by atoms with E-state index < -0.39 is 0 Å². The lowest BCUT2D eigenvalue weighted by molar-refractivity contribution is -0.116. The first-order chi connectivity index (χ1) is 14.4. The molecule has 30 heavy (non-hydrogen) atoms. The van der Waals surface area contributed by atoms with Gasteiger partial charge in [0.05, 0.1) is 18.2 Å². The third-order valence-electron chi connectivity index (χ3n) is 5.08. The van der Waals surface area contributed by atoms with Crippen LogP contribution in [0.3, 0.4) is 0 Å². The van der Waals surface area contributed by atoms with E-state index in [0.717, 1.165) is 28.1 Å². The van der Waals surface area contributed by atoms with Gasteiger partial charge in [-0.3, -0.25) is 14.2 Å². The van der Waals surface area contributed by atoms with Crippen molar-refractivity contribution in [1.29, 1.82) is 0 Å². The molecule has 2 aromatic carbocycles. The number of anilines is 1. The van der Waals surface area contributed by atoms with Crippen molar-refractivity contribution >= 4 is 22.6 Å². The van der Waals surface area contributed by atoms with Crippen molar-refractivity contribution in [1.82, 2.24) is 19.3 Å². The van der Waals surface area contributed by atoms with Crippen LogP contribution in [-0.2, 0) is 11.3 Å². The fourth-order valence-electron chi connectivity index (χ4n) is 3.67. The molecule has 0 unspecified atom stereocenters. The normalized spacial score (nSPS) is 11.0. The monoisotopic (exact) mass is 401 g/mol. The molecule has 0 saturated carbocycles. The molecule has 0 bridgehead atoms. The Hall–Kier alpha value is -3.74. The van der Waals surface area contributed by atoms with Crippen LogP contribution in [-0.4, -0.2) is 25.2 Å². The van der Waals surface area contributed by atoms with Crippen LogP contribution in [0.2, 0.25) is 0 Å². The Morgan fingerprint density at radius 3 is 2.47 bits per heavy atom. The van der Waals surface area contributed by atoms with Crippen molar-refractivity contribution in [2.45, 2.75) is 33.7 Å². The number of aryl methyl sites for hydroxylation is 4. The van der Waals surface area contributed by atoms with Gasteiger partial charge in [-0.25, -0.2) is 9.67 Å². The first kappa shape index (κ1) is 19.6. The van der Waals surface area contributed by atoms with E-state index in [-0.39, 0.29) is 24.4 Å². The van der Waals surface area contributed by atoms with Gasteiger partial charge in [0.2, 0.25) is 5.91 Å². The Balaban J connectivity index is 1.52. The van der Waals surface area contributed by atoms with Gasteiger partial charge in [-0.15, -0.1) is 0 Å². The second-order valence-electron chi connectivity index (χ2n) is 7.44. The molecule has 0 fully saturated rings. The first-order valence-electron chi connectivity index (χ1n) is 9.80. The average molecular weight is 401 g/mol. The van der Waals surface area contributed by atoms with Crippen molar-refractivity contribution in [2.24, 2.45) is 0 Å². The van der Waals surface area contributed by atoms with Crippen molar-refractivity contribution in [3.05, 3.63) is 82.0 Å². The molecule has 152 valence electrons. The molecule has 0 aliphatic carbocycles. The summed E-state index contributed by atoms with van der Waals surface area (Å²) in [6, 6.07) is 13.6. The van der Waals surface area contributed by atoms with Crippen LogP contribution < -0.4 is 10.9 Å². The molecule has 7 nitrogen and oxygen atoms in total. The van der Waals surface area contributed by atoms with Crippen LogP contribution in [0.1, 0.15) is 23.1 Å². The van der Waals surface area contributed by atoms with E-state index in [4.69, 9.17) is 0 Å². The van der Waals surface area contributed by atoms with Crippen molar-refractivity contribution < 1.29 is 4.79 Å². The molecule has 0 saturated heterocycles. The van der Waals surface area contributed by atoms with Crippen LogP contribution in [0.25, 0.3) is 16.7 Å². The smallest absolute Gasteiger partial charge is 0.264 e. The predicted octanol–water partition coefficient (Wildman–Crippen LogP) is 3.54. The standard InChI is InChI=1S/C23H23N5O2/c1-15-11-16(2)21(17(3)12-15)26-20(29)9-10-27-14-24-22-19(23(27)30)13-25-28(22)18-7-5-4-6-8-18/h4-8,11-14H,9-10H2,1-3H3,(H,26,29). The third kappa shape index (κ3) is 3.74. The molecular weight excluding hydrogens is 378 g/mol. The van der Waals surface area contributed by atoms with Gasteiger partial charge < -0.3 is 5.32 Å². The summed E-state index contributed by atoms with van der Waals surface area (Å²) in [6.45, 7) is 6.22. The highest BCUT2D eigenvalue weighted by atomic mass is 16.2. The molecule has 1 amide bonds. The second kappa shape index (κ2) is 7.94. The van der Waals surface area contributed by atoms with E-state index in [1.165, 1.54) is 17.1 Å². The number of fused-ring (bicyclic) bond motifs is 1. The number of para-hydroxylation sites is 1. The quantitative estimate of drug-likeness (QED) is 0.555. The molecule has 2 heterocycles. The van der Waals surface area contributed by atoms with E-state index in [2.05, 4.69) is 15.4 Å². The lowest BCUT2D eigenvalue weighted by Gasteiger charge is -2.13. The number of rotatable bonds is 5. The van der Waals surface area contributed by atoms with Crippen molar-refractivity contribution in [3.8, 4) is 5.69 Å². The van der Waals surface area contributed by atoms with E-state index in [1.807, 2.05) is 63.2 Å². The molecule has 1 N–H and O–H groups in total. The second-order valence-corrected chi connectivity index (χ2v) is 7.44. The number of carbonyl (C=O) groups excluding carboxylic acids is 1. The van der Waals surface area contributed by atoms with E-state index in [9.17, 15) is 9.59 Å². The van der Waals surface area contributed by atoms with E-state index in [0.29, 0.717) is 11.0 Å². The van der Waals surface area contributed by atoms with Gasteiger partial charge in [0.15, 0.2) is 5.65 Å². The molecule has 4 rings (SSSR count). The van der Waals surface area contributed by atoms with Gasteiger partial charge in [0.25, 0.3) is 5.56 Å². The molecule has 0 spiro atoms. The largest absolute Gasteiger partial charge is 0.326 e. The minimum atomic E-state index is -0.210. The van der Waals surface area contributed by atoms with Crippen LogP contribution in [0.15, 0.2) is 59.8 Å². The molecule has 0 aliphatic rings. The minimum absolute atomic E-state index is 0.142. The van der Waals surface area contributed by atoms with Crippen LogP contribution in [0.5, 0.6) is 0 Å². The lowest BCUT2D eigenvalue weighted by Crippen LogP contribution is -2.24. The Morgan fingerprint density at radius 2 is 1.77 bits per heavy atom. The maximum absolute atomic E-state index is 12.8. The van der Waals surface area contributed by atoms with Gasteiger partial charge in [-0.1, -0.05) is 35.9 Å². The predicted molar refractivity (Wildman–Crippen MR) is 117 cm³/mol. The number of amides is 1. The number of nitrogens with one attached hydrogen (secondary N) is 1. The minimum Gasteiger partial charge on any atom is -0.326 e. The van der Waals surface area contributed by atoms with Crippen LogP contribution in [0.4, 0.5) is 5.69 Å². The van der Waals surface area contributed by atoms with Crippen LogP contribution >= 0.6 is 0 Å². The molecule has 0 aliphatic heterocycles. The zero-order valence-electron chi connectivity index (χ0n) is 17.2. The topological polar surface area (TPSA) is 81.8 Å².